The number of non-ortho nitro benzene ring substituents is 1. The van der Waals surface area contributed by atoms with Crippen molar-refractivity contribution in [1.29, 1.82) is 0 Å². The second-order valence-corrected chi connectivity index (χ2v) is 4.21. The molecule has 0 saturated heterocycles. The fourth-order valence-electron chi connectivity index (χ4n) is 1.84. The van der Waals surface area contributed by atoms with Crippen molar-refractivity contribution in [3.05, 3.63) is 34.0 Å². The molecule has 9 nitrogen and oxygen atoms in total. The van der Waals surface area contributed by atoms with E-state index in [2.05, 4.69) is 10.2 Å². The summed E-state index contributed by atoms with van der Waals surface area (Å²) in [5.74, 6) is -1.27. The highest BCUT2D eigenvalue weighted by Gasteiger charge is 2.25. The van der Waals surface area contributed by atoms with Crippen LogP contribution in [0, 0.1) is 10.1 Å². The van der Waals surface area contributed by atoms with Crippen LogP contribution in [0.2, 0.25) is 0 Å². The van der Waals surface area contributed by atoms with Crippen molar-refractivity contribution >= 4 is 22.6 Å². The van der Waals surface area contributed by atoms with E-state index in [1.165, 1.54) is 18.2 Å². The van der Waals surface area contributed by atoms with E-state index in [1.807, 2.05) is 0 Å². The number of nitrogens with one attached hydrogen (secondary N) is 1. The standard InChI is InChI=1S/C11H11N3O6/c15-8(4-9(16)17)11(18)10-6-3-5(14(19)20)1-2-7(6)12-13-10/h1-3,8,11,15,18H,4H2,(H,12,13)(H,16,17). The zero-order chi connectivity index (χ0) is 14.9. The number of hydrogen-bond donors (Lipinski definition) is 4. The number of nitro benzene ring substituents is 1. The zero-order valence-corrected chi connectivity index (χ0v) is 10.1. The van der Waals surface area contributed by atoms with Gasteiger partial charge >= 0.3 is 5.97 Å². The normalized spacial score (nSPS) is 14.1. The molecule has 2 aromatic rings. The molecule has 0 aliphatic carbocycles. The Morgan fingerprint density at radius 1 is 1.45 bits per heavy atom. The van der Waals surface area contributed by atoms with E-state index >= 15 is 0 Å². The highest BCUT2D eigenvalue weighted by molar-refractivity contribution is 5.84. The third kappa shape index (κ3) is 2.58. The molecule has 20 heavy (non-hydrogen) atoms. The van der Waals surface area contributed by atoms with Crippen LogP contribution in [-0.2, 0) is 4.79 Å². The minimum atomic E-state index is -1.55. The Morgan fingerprint density at radius 3 is 2.75 bits per heavy atom. The molecule has 1 heterocycles. The van der Waals surface area contributed by atoms with Crippen molar-refractivity contribution in [3.63, 3.8) is 0 Å². The van der Waals surface area contributed by atoms with Crippen LogP contribution in [0.1, 0.15) is 18.2 Å². The first-order valence-corrected chi connectivity index (χ1v) is 5.60. The van der Waals surface area contributed by atoms with Crippen LogP contribution in [-0.4, -0.2) is 42.5 Å². The Hall–Kier alpha value is -2.52. The molecular weight excluding hydrogens is 270 g/mol. The van der Waals surface area contributed by atoms with Gasteiger partial charge in [-0.25, -0.2) is 0 Å². The van der Waals surface area contributed by atoms with Crippen molar-refractivity contribution in [2.24, 2.45) is 0 Å². The molecule has 4 N–H and O–H groups in total. The summed E-state index contributed by atoms with van der Waals surface area (Å²) in [6.07, 6.45) is -3.73. The topological polar surface area (TPSA) is 150 Å². The lowest BCUT2D eigenvalue weighted by Crippen LogP contribution is -2.22. The highest BCUT2D eigenvalue weighted by Crippen LogP contribution is 2.28. The number of nitrogens with zero attached hydrogens (tertiary/aromatic N) is 2. The number of fused-ring (bicyclic) bond motifs is 1. The van der Waals surface area contributed by atoms with E-state index in [0.29, 0.717) is 5.52 Å². The first-order valence-electron chi connectivity index (χ1n) is 5.60. The predicted molar refractivity (Wildman–Crippen MR) is 66.0 cm³/mol. The number of carboxylic acid groups (broad SMARTS) is 1. The van der Waals surface area contributed by atoms with Crippen LogP contribution in [0.25, 0.3) is 10.9 Å². The van der Waals surface area contributed by atoms with Crippen molar-refractivity contribution in [1.82, 2.24) is 10.2 Å². The molecule has 2 unspecified atom stereocenters. The largest absolute Gasteiger partial charge is 0.481 e. The lowest BCUT2D eigenvalue weighted by molar-refractivity contribution is -0.384. The summed E-state index contributed by atoms with van der Waals surface area (Å²) < 4.78 is 0. The van der Waals surface area contributed by atoms with E-state index in [9.17, 15) is 25.1 Å². The van der Waals surface area contributed by atoms with Crippen molar-refractivity contribution in [2.75, 3.05) is 0 Å². The molecule has 0 amide bonds. The van der Waals surface area contributed by atoms with E-state index in [1.54, 1.807) is 0 Å². The van der Waals surface area contributed by atoms with Gasteiger partial charge in [0.05, 0.1) is 28.7 Å². The number of aliphatic hydroxyl groups is 2. The number of aromatic nitrogens is 2. The minimum Gasteiger partial charge on any atom is -0.481 e. The number of carboxylic acids is 1. The molecule has 106 valence electrons. The number of benzene rings is 1. The lowest BCUT2D eigenvalue weighted by Gasteiger charge is -2.14. The Labute approximate surface area is 111 Å². The second kappa shape index (κ2) is 5.23. The highest BCUT2D eigenvalue weighted by atomic mass is 16.6. The van der Waals surface area contributed by atoms with Crippen LogP contribution in [0.15, 0.2) is 18.2 Å². The van der Waals surface area contributed by atoms with Gasteiger partial charge in [-0.3, -0.25) is 20.0 Å². The second-order valence-electron chi connectivity index (χ2n) is 4.21. The summed E-state index contributed by atoms with van der Waals surface area (Å²) in [7, 11) is 0. The maximum Gasteiger partial charge on any atom is 0.306 e. The number of aliphatic carboxylic acids is 1. The number of nitro groups is 1. The molecule has 2 atom stereocenters. The lowest BCUT2D eigenvalue weighted by atomic mass is 10.0. The smallest absolute Gasteiger partial charge is 0.306 e. The number of hydrogen-bond acceptors (Lipinski definition) is 6. The summed E-state index contributed by atoms with van der Waals surface area (Å²) in [6, 6.07) is 3.85. The molecule has 0 aliphatic rings. The number of rotatable bonds is 5. The quantitative estimate of drug-likeness (QED) is 0.455. The third-order valence-electron chi connectivity index (χ3n) is 2.82. The number of H-pyrrole nitrogens is 1. The Bertz CT molecular complexity index is 667. The van der Waals surface area contributed by atoms with Gasteiger partial charge in [0.15, 0.2) is 0 Å². The Kier molecular flexibility index (Phi) is 3.63. The summed E-state index contributed by atoms with van der Waals surface area (Å²) in [4.78, 5) is 20.6. The zero-order valence-electron chi connectivity index (χ0n) is 10.1. The number of aliphatic hydroxyl groups excluding tert-OH is 2. The third-order valence-corrected chi connectivity index (χ3v) is 2.82. The average molecular weight is 281 g/mol. The molecule has 0 spiro atoms. The molecule has 1 aromatic heterocycles. The predicted octanol–water partition coefficient (Wildman–Crippen LogP) is 0.340. The van der Waals surface area contributed by atoms with Gasteiger partial charge in [0.25, 0.3) is 5.69 Å². The SMILES string of the molecule is O=C(O)CC(O)C(O)c1[nH]nc2ccc([N+](=O)[O-])cc12. The van der Waals surface area contributed by atoms with Crippen molar-refractivity contribution in [3.8, 4) is 0 Å². The summed E-state index contributed by atoms with van der Waals surface area (Å²) in [5, 5.41) is 45.3. The summed E-state index contributed by atoms with van der Waals surface area (Å²) in [6.45, 7) is 0. The van der Waals surface area contributed by atoms with Gasteiger partial charge in [-0.15, -0.1) is 0 Å². The molecule has 0 fully saturated rings. The van der Waals surface area contributed by atoms with E-state index in [0.717, 1.165) is 0 Å². The van der Waals surface area contributed by atoms with Crippen LogP contribution >= 0.6 is 0 Å². The fraction of sp³-hybridized carbons (Fsp3) is 0.273. The monoisotopic (exact) mass is 281 g/mol. The molecule has 2 rings (SSSR count). The van der Waals surface area contributed by atoms with Crippen LogP contribution in [0.4, 0.5) is 5.69 Å². The molecular formula is C11H11N3O6. The van der Waals surface area contributed by atoms with Crippen LogP contribution in [0.5, 0.6) is 0 Å². The van der Waals surface area contributed by atoms with E-state index < -0.39 is 29.5 Å². The van der Waals surface area contributed by atoms with Gasteiger partial charge in [-0.1, -0.05) is 0 Å². The van der Waals surface area contributed by atoms with Gasteiger partial charge < -0.3 is 15.3 Å². The number of carbonyl (C=O) groups is 1. The first-order chi connectivity index (χ1) is 9.40. The Morgan fingerprint density at radius 2 is 2.15 bits per heavy atom. The average Bonchev–Trinajstić information content (AvgIpc) is 2.79. The van der Waals surface area contributed by atoms with Crippen molar-refractivity contribution in [2.45, 2.75) is 18.6 Å². The maximum absolute atomic E-state index is 10.7. The van der Waals surface area contributed by atoms with Gasteiger partial charge in [-0.2, -0.15) is 5.10 Å². The van der Waals surface area contributed by atoms with Crippen LogP contribution < -0.4 is 0 Å². The molecule has 0 saturated carbocycles. The van der Waals surface area contributed by atoms with Crippen LogP contribution in [0.3, 0.4) is 0 Å². The first kappa shape index (κ1) is 13.9. The molecule has 9 heteroatoms. The molecule has 0 bridgehead atoms. The molecule has 1 aromatic carbocycles. The summed E-state index contributed by atoms with van der Waals surface area (Å²) >= 11 is 0. The van der Waals surface area contributed by atoms with Gasteiger partial charge in [0.2, 0.25) is 0 Å². The maximum atomic E-state index is 10.7. The number of aromatic amines is 1. The van der Waals surface area contributed by atoms with Crippen molar-refractivity contribution < 1.29 is 25.0 Å². The van der Waals surface area contributed by atoms with Gasteiger partial charge in [0, 0.05) is 17.5 Å². The van der Waals surface area contributed by atoms with E-state index in [4.69, 9.17) is 5.11 Å². The minimum absolute atomic E-state index is 0.0393. The van der Waals surface area contributed by atoms with Gasteiger partial charge in [0.1, 0.15) is 6.10 Å². The fourth-order valence-corrected chi connectivity index (χ4v) is 1.84. The summed E-state index contributed by atoms with van der Waals surface area (Å²) in [5.41, 5.74) is 0.213. The molecule has 0 aliphatic heterocycles. The van der Waals surface area contributed by atoms with Gasteiger partial charge in [-0.05, 0) is 6.07 Å². The van der Waals surface area contributed by atoms with E-state index in [-0.39, 0.29) is 16.8 Å². The Balaban J connectivity index is 2.41. The molecule has 0 radical (unpaired) electrons.